The highest BCUT2D eigenvalue weighted by Gasteiger charge is 2.32. The average molecular weight is 511 g/mol. The number of hydrogen-bond acceptors (Lipinski definition) is 6. The summed E-state index contributed by atoms with van der Waals surface area (Å²) in [5.74, 6) is -0.858. The number of aryl methyl sites for hydroxylation is 3. The van der Waals surface area contributed by atoms with Crippen LogP contribution in [0.3, 0.4) is 0 Å². The minimum Gasteiger partial charge on any atom is -0.434 e. The molecule has 1 aliphatic rings. The zero-order valence-electron chi connectivity index (χ0n) is 20.7. The van der Waals surface area contributed by atoms with E-state index in [1.165, 1.54) is 18.4 Å². The molecule has 3 N–H and O–H groups in total. The van der Waals surface area contributed by atoms with Gasteiger partial charge in [-0.1, -0.05) is 0 Å². The summed E-state index contributed by atoms with van der Waals surface area (Å²) in [7, 11) is 1.59. The SMILES string of the molecule is Cc1cnc(Oc2c(-c3cn(C)c(=O)c4[nH]c(C(=O)NC5CC5)cc34)sc(C(C)(C)O)c2F)c(C)c1. The van der Waals surface area contributed by atoms with Gasteiger partial charge in [0.15, 0.2) is 11.6 Å². The van der Waals surface area contributed by atoms with Crippen LogP contribution in [0.1, 0.15) is 53.2 Å². The molecule has 5 rings (SSSR count). The maximum absolute atomic E-state index is 15.8. The second kappa shape index (κ2) is 8.56. The number of H-pyrrole nitrogens is 1. The first kappa shape index (κ1) is 24.2. The van der Waals surface area contributed by atoms with Gasteiger partial charge in [0.1, 0.15) is 11.2 Å². The van der Waals surface area contributed by atoms with Crippen LogP contribution in [0.15, 0.2) is 29.3 Å². The summed E-state index contributed by atoms with van der Waals surface area (Å²) < 4.78 is 23.2. The largest absolute Gasteiger partial charge is 0.434 e. The number of thiophene rings is 1. The van der Waals surface area contributed by atoms with Crippen molar-refractivity contribution in [1.82, 2.24) is 19.9 Å². The Labute approximate surface area is 210 Å². The highest BCUT2D eigenvalue weighted by molar-refractivity contribution is 7.16. The normalized spacial score (nSPS) is 13.9. The lowest BCUT2D eigenvalue weighted by molar-refractivity contribution is 0.0785. The van der Waals surface area contributed by atoms with Gasteiger partial charge in [0.2, 0.25) is 5.88 Å². The van der Waals surface area contributed by atoms with E-state index in [4.69, 9.17) is 4.74 Å². The smallest absolute Gasteiger partial charge is 0.274 e. The predicted molar refractivity (Wildman–Crippen MR) is 136 cm³/mol. The monoisotopic (exact) mass is 510 g/mol. The third kappa shape index (κ3) is 4.31. The van der Waals surface area contributed by atoms with Crippen LogP contribution >= 0.6 is 11.3 Å². The summed E-state index contributed by atoms with van der Waals surface area (Å²) in [6, 6.07) is 3.63. The van der Waals surface area contributed by atoms with Crippen molar-refractivity contribution in [2.24, 2.45) is 7.05 Å². The van der Waals surface area contributed by atoms with Gasteiger partial charge in [-0.05, 0) is 58.2 Å². The minimum atomic E-state index is -1.48. The molecule has 0 spiro atoms. The molecule has 1 aliphatic carbocycles. The summed E-state index contributed by atoms with van der Waals surface area (Å²) in [6.45, 7) is 6.71. The fourth-order valence-corrected chi connectivity index (χ4v) is 5.22. The van der Waals surface area contributed by atoms with Crippen molar-refractivity contribution in [3.8, 4) is 22.1 Å². The first-order chi connectivity index (χ1) is 16.9. The molecule has 8 nitrogen and oxygen atoms in total. The zero-order chi connectivity index (χ0) is 25.9. The Morgan fingerprint density at radius 1 is 1.33 bits per heavy atom. The number of carbonyl (C=O) groups excluding carboxylic acids is 1. The third-order valence-electron chi connectivity index (χ3n) is 6.10. The molecule has 0 atom stereocenters. The van der Waals surface area contributed by atoms with Crippen LogP contribution in [0.4, 0.5) is 4.39 Å². The number of ether oxygens (including phenoxy) is 1. The number of aromatic amines is 1. The summed E-state index contributed by atoms with van der Waals surface area (Å²) in [5.41, 5.74) is 0.832. The van der Waals surface area contributed by atoms with Crippen LogP contribution in [0, 0.1) is 19.7 Å². The molecular formula is C26H27FN4O4S. The van der Waals surface area contributed by atoms with Crippen LogP contribution in [0.25, 0.3) is 21.3 Å². The lowest BCUT2D eigenvalue weighted by Gasteiger charge is -2.14. The van der Waals surface area contributed by atoms with E-state index in [0.717, 1.165) is 35.3 Å². The van der Waals surface area contributed by atoms with Gasteiger partial charge in [0.05, 0.1) is 15.4 Å². The van der Waals surface area contributed by atoms with E-state index in [1.807, 2.05) is 19.9 Å². The first-order valence-electron chi connectivity index (χ1n) is 11.6. The molecule has 1 amide bonds. The molecular weight excluding hydrogens is 483 g/mol. The lowest BCUT2D eigenvalue weighted by atomic mass is 10.1. The van der Waals surface area contributed by atoms with Crippen molar-refractivity contribution in [1.29, 1.82) is 0 Å². The molecule has 4 aromatic rings. The van der Waals surface area contributed by atoms with E-state index < -0.39 is 11.4 Å². The molecule has 188 valence electrons. The number of halogens is 1. The molecule has 4 heterocycles. The van der Waals surface area contributed by atoms with Gasteiger partial charge < -0.3 is 24.7 Å². The number of aliphatic hydroxyl groups is 1. The van der Waals surface area contributed by atoms with Crippen molar-refractivity contribution in [3.05, 3.63) is 62.4 Å². The maximum atomic E-state index is 15.8. The number of hydrogen-bond donors (Lipinski definition) is 3. The summed E-state index contributed by atoms with van der Waals surface area (Å²) in [5, 5.41) is 14.0. The quantitative estimate of drug-likeness (QED) is 0.350. The Morgan fingerprint density at radius 3 is 2.69 bits per heavy atom. The summed E-state index contributed by atoms with van der Waals surface area (Å²) in [4.78, 5) is 33.3. The van der Waals surface area contributed by atoms with Gasteiger partial charge in [0, 0.05) is 42.0 Å². The number of fused-ring (bicyclic) bond motifs is 1. The lowest BCUT2D eigenvalue weighted by Crippen LogP contribution is -2.25. The number of aromatic nitrogens is 3. The van der Waals surface area contributed by atoms with Crippen molar-refractivity contribution in [3.63, 3.8) is 0 Å². The van der Waals surface area contributed by atoms with Gasteiger partial charge in [-0.2, -0.15) is 0 Å². The summed E-state index contributed by atoms with van der Waals surface area (Å²) in [6.07, 6.45) is 5.08. The van der Waals surface area contributed by atoms with Crippen molar-refractivity contribution >= 4 is 28.1 Å². The zero-order valence-corrected chi connectivity index (χ0v) is 21.5. The predicted octanol–water partition coefficient (Wildman–Crippen LogP) is 4.66. The van der Waals surface area contributed by atoms with E-state index in [9.17, 15) is 14.7 Å². The summed E-state index contributed by atoms with van der Waals surface area (Å²) >= 11 is 1.03. The van der Waals surface area contributed by atoms with Crippen molar-refractivity contribution in [2.75, 3.05) is 0 Å². The van der Waals surface area contributed by atoms with E-state index >= 15 is 4.39 Å². The van der Waals surface area contributed by atoms with E-state index in [1.54, 1.807) is 25.5 Å². The highest BCUT2D eigenvalue weighted by Crippen LogP contribution is 2.48. The number of nitrogens with one attached hydrogen (secondary N) is 2. The van der Waals surface area contributed by atoms with Gasteiger partial charge in [-0.3, -0.25) is 9.59 Å². The third-order valence-corrected chi connectivity index (χ3v) is 7.59. The second-order valence-electron chi connectivity index (χ2n) is 9.88. The fraction of sp³-hybridized carbons (Fsp3) is 0.346. The average Bonchev–Trinajstić information content (AvgIpc) is 3.38. The standard InChI is InChI=1S/C26H27FN4O4S/c1-12-8-13(2)24(28-10-12)35-20-18(27)22(26(3,4)34)36-21(20)16-11-31(5)25(33)19-15(16)9-17(30-19)23(32)29-14-6-7-14/h8-11,14,30,34H,6-7H2,1-5H3,(H,29,32). The fourth-order valence-electron chi connectivity index (χ4n) is 4.09. The van der Waals surface area contributed by atoms with Crippen LogP contribution < -0.4 is 15.6 Å². The Kier molecular flexibility index (Phi) is 5.76. The molecule has 4 aromatic heterocycles. The molecule has 1 saturated carbocycles. The van der Waals surface area contributed by atoms with Crippen LogP contribution in [0.5, 0.6) is 11.6 Å². The van der Waals surface area contributed by atoms with E-state index in [-0.39, 0.29) is 45.2 Å². The molecule has 1 fully saturated rings. The van der Waals surface area contributed by atoms with E-state index in [0.29, 0.717) is 15.8 Å². The van der Waals surface area contributed by atoms with Gasteiger partial charge in [0.25, 0.3) is 11.5 Å². The Morgan fingerprint density at radius 2 is 2.06 bits per heavy atom. The number of nitrogens with zero attached hydrogens (tertiary/aromatic N) is 2. The molecule has 0 saturated heterocycles. The Balaban J connectivity index is 1.72. The van der Waals surface area contributed by atoms with Gasteiger partial charge >= 0.3 is 0 Å². The molecule has 0 unspecified atom stereocenters. The molecule has 0 bridgehead atoms. The Bertz CT molecular complexity index is 1570. The molecule has 10 heteroatoms. The number of pyridine rings is 2. The number of carbonyl (C=O) groups is 1. The molecule has 0 radical (unpaired) electrons. The molecule has 0 aliphatic heterocycles. The molecule has 0 aromatic carbocycles. The maximum Gasteiger partial charge on any atom is 0.274 e. The number of rotatable bonds is 6. The second-order valence-corrected chi connectivity index (χ2v) is 10.9. The van der Waals surface area contributed by atoms with Crippen LogP contribution in [-0.2, 0) is 12.6 Å². The minimum absolute atomic E-state index is 0.0847. The Hall–Kier alpha value is -3.50. The van der Waals surface area contributed by atoms with Crippen LogP contribution in [0.2, 0.25) is 0 Å². The van der Waals surface area contributed by atoms with Crippen LogP contribution in [-0.4, -0.2) is 31.6 Å². The van der Waals surface area contributed by atoms with Gasteiger partial charge in [-0.15, -0.1) is 11.3 Å². The van der Waals surface area contributed by atoms with Gasteiger partial charge in [-0.25, -0.2) is 9.37 Å². The molecule has 36 heavy (non-hydrogen) atoms. The highest BCUT2D eigenvalue weighted by atomic mass is 32.1. The van der Waals surface area contributed by atoms with Crippen molar-refractivity contribution < 1.29 is 19.0 Å². The topological polar surface area (TPSA) is 109 Å². The van der Waals surface area contributed by atoms with E-state index in [2.05, 4.69) is 15.3 Å². The number of amides is 1. The van der Waals surface area contributed by atoms with Crippen molar-refractivity contribution in [2.45, 2.75) is 52.2 Å². The first-order valence-corrected chi connectivity index (χ1v) is 12.5.